The molecule has 18 heavy (non-hydrogen) atoms. The van der Waals surface area contributed by atoms with Crippen molar-refractivity contribution >= 4 is 12.3 Å². The molecule has 1 unspecified atom stereocenters. The molecule has 2 rings (SSSR count). The number of hydrogen-bond donors (Lipinski definition) is 0. The van der Waals surface area contributed by atoms with Gasteiger partial charge in [0.15, 0.2) is 0 Å². The number of aldehydes is 1. The molecule has 0 N–H and O–H groups in total. The second-order valence-electron chi connectivity index (χ2n) is 3.68. The summed E-state index contributed by atoms with van der Waals surface area (Å²) in [6, 6.07) is 12.3. The lowest BCUT2D eigenvalue weighted by molar-refractivity contribution is -0.109. The van der Waals surface area contributed by atoms with Gasteiger partial charge in [-0.25, -0.2) is 4.79 Å². The van der Waals surface area contributed by atoms with Crippen LogP contribution in [0.25, 0.3) is 0 Å². The van der Waals surface area contributed by atoms with Crippen molar-refractivity contribution in [3.8, 4) is 0 Å². The molecule has 1 heterocycles. The molecule has 0 aliphatic rings. The normalized spacial score (nSPS) is 11.8. The summed E-state index contributed by atoms with van der Waals surface area (Å²) in [5.41, 5.74) is 0.782. The third-order valence-corrected chi connectivity index (χ3v) is 2.45. The summed E-state index contributed by atoms with van der Waals surface area (Å²) in [5, 5.41) is 0. The molecule has 92 valence electrons. The van der Waals surface area contributed by atoms with Gasteiger partial charge in [0, 0.05) is 6.42 Å². The minimum atomic E-state index is -0.582. The number of carbonyl (C=O) groups is 2. The molecule has 0 bridgehead atoms. The molecular weight excluding hydrogens is 232 g/mol. The number of hydrogen-bond acceptors (Lipinski definition) is 4. The Morgan fingerprint density at radius 1 is 1.22 bits per heavy atom. The molecular formula is C14H12O4. The molecule has 0 aliphatic heterocycles. The van der Waals surface area contributed by atoms with Crippen molar-refractivity contribution in [1.29, 1.82) is 0 Å². The number of esters is 1. The first-order valence-electron chi connectivity index (χ1n) is 5.54. The highest BCUT2D eigenvalue weighted by Crippen LogP contribution is 2.21. The third kappa shape index (κ3) is 2.85. The Kier molecular flexibility index (Phi) is 3.91. The van der Waals surface area contributed by atoms with Gasteiger partial charge in [-0.05, 0) is 17.7 Å². The van der Waals surface area contributed by atoms with E-state index in [1.807, 2.05) is 30.3 Å². The maximum atomic E-state index is 11.7. The number of ether oxygens (including phenoxy) is 1. The lowest BCUT2D eigenvalue weighted by Gasteiger charge is -2.14. The summed E-state index contributed by atoms with van der Waals surface area (Å²) in [6.45, 7) is 0. The van der Waals surface area contributed by atoms with Crippen molar-refractivity contribution in [2.24, 2.45) is 0 Å². The predicted molar refractivity (Wildman–Crippen MR) is 64.0 cm³/mol. The molecule has 0 saturated heterocycles. The van der Waals surface area contributed by atoms with E-state index in [-0.39, 0.29) is 12.2 Å². The van der Waals surface area contributed by atoms with Crippen molar-refractivity contribution in [3.05, 3.63) is 60.1 Å². The van der Waals surface area contributed by atoms with E-state index in [1.165, 1.54) is 12.3 Å². The van der Waals surface area contributed by atoms with Crippen LogP contribution in [0.3, 0.4) is 0 Å². The maximum absolute atomic E-state index is 11.7. The highest BCUT2D eigenvalue weighted by Gasteiger charge is 2.19. The van der Waals surface area contributed by atoms with Crippen molar-refractivity contribution < 1.29 is 18.7 Å². The third-order valence-electron chi connectivity index (χ3n) is 2.45. The van der Waals surface area contributed by atoms with E-state index in [0.717, 1.165) is 11.8 Å². The Hall–Kier alpha value is -2.36. The number of rotatable bonds is 5. The zero-order valence-electron chi connectivity index (χ0n) is 9.61. The largest absolute Gasteiger partial charge is 0.457 e. The number of furan rings is 1. The van der Waals surface area contributed by atoms with Gasteiger partial charge in [0.2, 0.25) is 5.76 Å². The Balaban J connectivity index is 2.12. The molecule has 0 aliphatic carbocycles. The second-order valence-corrected chi connectivity index (χ2v) is 3.68. The van der Waals surface area contributed by atoms with Gasteiger partial charge in [0.25, 0.3) is 0 Å². The van der Waals surface area contributed by atoms with Crippen LogP contribution in [0.15, 0.2) is 53.1 Å². The summed E-state index contributed by atoms with van der Waals surface area (Å²) in [5.74, 6) is -0.447. The standard InChI is InChI=1S/C14H12O4/c15-9-8-12(11-5-2-1-3-6-11)18-14(16)13-7-4-10-17-13/h1-7,9-10,12H,8H2. The van der Waals surface area contributed by atoms with E-state index < -0.39 is 12.1 Å². The van der Waals surface area contributed by atoms with Gasteiger partial charge in [0.05, 0.1) is 6.26 Å². The van der Waals surface area contributed by atoms with Gasteiger partial charge in [-0.2, -0.15) is 0 Å². The molecule has 0 fully saturated rings. The number of carbonyl (C=O) groups excluding carboxylic acids is 2. The first kappa shape index (κ1) is 12.1. The summed E-state index contributed by atoms with van der Waals surface area (Å²) < 4.78 is 10.2. The Labute approximate surface area is 104 Å². The van der Waals surface area contributed by atoms with E-state index >= 15 is 0 Å². The minimum Gasteiger partial charge on any atom is -0.457 e. The molecule has 1 atom stereocenters. The first-order chi connectivity index (χ1) is 8.81. The Bertz CT molecular complexity index is 502. The smallest absolute Gasteiger partial charge is 0.374 e. The van der Waals surface area contributed by atoms with Gasteiger partial charge in [0.1, 0.15) is 12.4 Å². The fourth-order valence-electron chi connectivity index (χ4n) is 1.59. The summed E-state index contributed by atoms with van der Waals surface area (Å²) >= 11 is 0. The van der Waals surface area contributed by atoms with Crippen LogP contribution < -0.4 is 0 Å². The summed E-state index contributed by atoms with van der Waals surface area (Å²) in [4.78, 5) is 22.4. The lowest BCUT2D eigenvalue weighted by atomic mass is 10.1. The zero-order chi connectivity index (χ0) is 12.8. The van der Waals surface area contributed by atoms with E-state index in [0.29, 0.717) is 0 Å². The van der Waals surface area contributed by atoms with Crippen molar-refractivity contribution in [2.45, 2.75) is 12.5 Å². The van der Waals surface area contributed by atoms with E-state index in [2.05, 4.69) is 0 Å². The van der Waals surface area contributed by atoms with Crippen LogP contribution in [0.4, 0.5) is 0 Å². The van der Waals surface area contributed by atoms with Gasteiger partial charge in [-0.1, -0.05) is 30.3 Å². The van der Waals surface area contributed by atoms with Crippen molar-refractivity contribution in [1.82, 2.24) is 0 Å². The van der Waals surface area contributed by atoms with E-state index in [1.54, 1.807) is 6.07 Å². The van der Waals surface area contributed by atoms with Gasteiger partial charge < -0.3 is 13.9 Å². The second kappa shape index (κ2) is 5.82. The average molecular weight is 244 g/mol. The molecule has 0 amide bonds. The molecule has 1 aromatic heterocycles. The quantitative estimate of drug-likeness (QED) is 0.599. The molecule has 4 heteroatoms. The van der Waals surface area contributed by atoms with E-state index in [9.17, 15) is 9.59 Å². The molecule has 0 radical (unpaired) electrons. The van der Waals surface area contributed by atoms with Gasteiger partial charge in [-0.3, -0.25) is 0 Å². The highest BCUT2D eigenvalue weighted by molar-refractivity contribution is 5.86. The lowest BCUT2D eigenvalue weighted by Crippen LogP contribution is -2.11. The van der Waals surface area contributed by atoms with Crippen molar-refractivity contribution in [2.75, 3.05) is 0 Å². The predicted octanol–water partition coefficient (Wildman–Crippen LogP) is 2.77. The first-order valence-corrected chi connectivity index (χ1v) is 5.54. The van der Waals surface area contributed by atoms with Crippen LogP contribution in [0, 0.1) is 0 Å². The Morgan fingerprint density at radius 2 is 2.00 bits per heavy atom. The van der Waals surface area contributed by atoms with Crippen LogP contribution in [-0.2, 0) is 9.53 Å². The fourth-order valence-corrected chi connectivity index (χ4v) is 1.59. The average Bonchev–Trinajstić information content (AvgIpc) is 2.93. The van der Waals surface area contributed by atoms with Crippen LogP contribution in [0.1, 0.15) is 28.6 Å². The van der Waals surface area contributed by atoms with Crippen LogP contribution in [-0.4, -0.2) is 12.3 Å². The topological polar surface area (TPSA) is 56.5 Å². The molecule has 2 aromatic rings. The molecule has 0 spiro atoms. The van der Waals surface area contributed by atoms with Crippen LogP contribution in [0.5, 0.6) is 0 Å². The Morgan fingerprint density at radius 3 is 2.61 bits per heavy atom. The molecule has 1 aromatic carbocycles. The monoisotopic (exact) mass is 244 g/mol. The molecule has 0 saturated carbocycles. The van der Waals surface area contributed by atoms with E-state index in [4.69, 9.17) is 9.15 Å². The SMILES string of the molecule is O=CCC(OC(=O)c1ccco1)c1ccccc1. The zero-order valence-corrected chi connectivity index (χ0v) is 9.61. The van der Waals surface area contributed by atoms with Crippen LogP contribution >= 0.6 is 0 Å². The maximum Gasteiger partial charge on any atom is 0.374 e. The fraction of sp³-hybridized carbons (Fsp3) is 0.143. The van der Waals surface area contributed by atoms with Gasteiger partial charge in [-0.15, -0.1) is 0 Å². The van der Waals surface area contributed by atoms with Crippen LogP contribution in [0.2, 0.25) is 0 Å². The minimum absolute atomic E-state index is 0.121. The summed E-state index contributed by atoms with van der Waals surface area (Å²) in [7, 11) is 0. The summed E-state index contributed by atoms with van der Waals surface area (Å²) in [6.07, 6.45) is 1.67. The number of benzene rings is 1. The van der Waals surface area contributed by atoms with Gasteiger partial charge >= 0.3 is 5.97 Å². The van der Waals surface area contributed by atoms with Crippen molar-refractivity contribution in [3.63, 3.8) is 0 Å². The highest BCUT2D eigenvalue weighted by atomic mass is 16.6. The molecule has 4 nitrogen and oxygen atoms in total.